The molecule has 0 saturated carbocycles. The van der Waals surface area contributed by atoms with E-state index in [2.05, 4.69) is 124 Å². The predicted molar refractivity (Wildman–Crippen MR) is 263 cm³/mol. The fourth-order valence-electron chi connectivity index (χ4n) is 8.85. The van der Waals surface area contributed by atoms with Gasteiger partial charge in [-0.25, -0.2) is 16.8 Å². The first-order chi connectivity index (χ1) is 28.1. The topological polar surface area (TPSA) is 68.3 Å². The van der Waals surface area contributed by atoms with E-state index in [-0.39, 0.29) is 32.3 Å². The Bertz CT molecular complexity index is 2050. The van der Waals surface area contributed by atoms with Crippen molar-refractivity contribution in [1.82, 2.24) is 0 Å². The van der Waals surface area contributed by atoms with Crippen molar-refractivity contribution in [2.24, 2.45) is 22.7 Å². The number of rotatable bonds is 18. The van der Waals surface area contributed by atoms with E-state index >= 15 is 0 Å². The van der Waals surface area contributed by atoms with E-state index in [9.17, 15) is 16.8 Å². The van der Waals surface area contributed by atoms with Gasteiger partial charge in [0.05, 0.1) is 20.3 Å². The molecule has 0 radical (unpaired) electrons. The number of sulfone groups is 2. The Labute approximate surface area is 381 Å². The maximum Gasteiger partial charge on any atom is 0.185 e. The normalized spacial score (nSPS) is 21.4. The largest absolute Gasteiger partial charge is 0.223 e. The Morgan fingerprint density at radius 3 is 1.27 bits per heavy atom. The summed E-state index contributed by atoms with van der Waals surface area (Å²) in [6, 6.07) is 17.5. The van der Waals surface area contributed by atoms with Crippen LogP contribution in [-0.4, -0.2) is 37.0 Å². The molecule has 0 N–H and O–H groups in total. The summed E-state index contributed by atoms with van der Waals surface area (Å²) in [6.07, 6.45) is 24.8. The summed E-state index contributed by atoms with van der Waals surface area (Å²) in [6.45, 7) is 21.7. The molecule has 6 unspecified atom stereocenters. The quantitative estimate of drug-likeness (QED) is 0.0848. The number of benzene rings is 2. The van der Waals surface area contributed by atoms with Gasteiger partial charge in [-0.15, -0.1) is 0 Å². The fraction of sp³-hybridized carbons (Fsp3) is 0.500. The van der Waals surface area contributed by atoms with Crippen LogP contribution < -0.4 is 0 Å². The van der Waals surface area contributed by atoms with E-state index in [1.54, 1.807) is 48.5 Å². The zero-order valence-corrected chi connectivity index (χ0v) is 42.5. The third-order valence-corrected chi connectivity index (χ3v) is 20.5. The molecule has 328 valence electrons. The van der Waals surface area contributed by atoms with Crippen molar-refractivity contribution >= 4 is 51.5 Å². The van der Waals surface area contributed by atoms with Crippen molar-refractivity contribution < 1.29 is 16.8 Å². The molecule has 2 aromatic carbocycles. The summed E-state index contributed by atoms with van der Waals surface area (Å²) >= 11 is 7.77. The van der Waals surface area contributed by atoms with Crippen LogP contribution in [0.4, 0.5) is 0 Å². The highest BCUT2D eigenvalue weighted by Gasteiger charge is 2.36. The SMILES string of the molecule is CC1=C(/C=C/C(C)=C/C(C(Br)C(C)C/C=C/CC(C)C(Br)C(/C=C(C)/C=C/C2=C(C)CCCC2(C)C)S(=O)(=O)c2ccccc2)S(=O)(=O)c2ccccc2)C(C)(C)CCC1. The van der Waals surface area contributed by atoms with Gasteiger partial charge in [0, 0.05) is 9.65 Å². The molecule has 2 aliphatic rings. The van der Waals surface area contributed by atoms with E-state index in [0.29, 0.717) is 22.6 Å². The van der Waals surface area contributed by atoms with Gasteiger partial charge in [-0.1, -0.05) is 181 Å². The molecule has 0 saturated heterocycles. The summed E-state index contributed by atoms with van der Waals surface area (Å²) in [7, 11) is -7.44. The molecule has 6 atom stereocenters. The predicted octanol–water partition coefficient (Wildman–Crippen LogP) is 14.9. The zero-order valence-electron chi connectivity index (χ0n) is 37.7. The van der Waals surface area contributed by atoms with Gasteiger partial charge >= 0.3 is 0 Å². The third kappa shape index (κ3) is 13.0. The zero-order chi connectivity index (χ0) is 44.5. The Kier molecular flexibility index (Phi) is 18.1. The van der Waals surface area contributed by atoms with Crippen LogP contribution in [0.1, 0.15) is 121 Å². The Morgan fingerprint density at radius 1 is 0.617 bits per heavy atom. The molecule has 0 spiro atoms. The second-order valence-electron chi connectivity index (χ2n) is 18.8. The van der Waals surface area contributed by atoms with Crippen LogP contribution in [0.3, 0.4) is 0 Å². The maximum absolute atomic E-state index is 14.3. The molecule has 2 aromatic rings. The lowest BCUT2D eigenvalue weighted by molar-refractivity contribution is 0.376. The van der Waals surface area contributed by atoms with Gasteiger partial charge in [-0.3, -0.25) is 0 Å². The van der Waals surface area contributed by atoms with Gasteiger partial charge in [-0.2, -0.15) is 0 Å². The first-order valence-corrected chi connectivity index (χ1v) is 26.7. The first kappa shape index (κ1) is 50.1. The molecule has 8 heteroatoms. The lowest BCUT2D eigenvalue weighted by Gasteiger charge is -2.33. The van der Waals surface area contributed by atoms with E-state index in [0.717, 1.165) is 36.8 Å². The highest BCUT2D eigenvalue weighted by Crippen LogP contribution is 2.42. The summed E-state index contributed by atoms with van der Waals surface area (Å²) < 4.78 is 57.1. The lowest BCUT2D eigenvalue weighted by Crippen LogP contribution is -2.33. The monoisotopic (exact) mass is 980 g/mol. The van der Waals surface area contributed by atoms with Crippen LogP contribution >= 0.6 is 31.9 Å². The van der Waals surface area contributed by atoms with Crippen molar-refractivity contribution in [2.75, 3.05) is 0 Å². The Hall–Kier alpha value is -2.52. The van der Waals surface area contributed by atoms with Crippen molar-refractivity contribution in [3.63, 3.8) is 0 Å². The molecule has 0 aromatic heterocycles. The summed E-state index contributed by atoms with van der Waals surface area (Å²) in [5, 5.41) is -1.57. The molecular weight excluding hydrogens is 913 g/mol. The van der Waals surface area contributed by atoms with Crippen LogP contribution in [0.15, 0.2) is 153 Å². The van der Waals surface area contributed by atoms with Crippen molar-refractivity contribution in [2.45, 2.75) is 151 Å². The van der Waals surface area contributed by atoms with Gasteiger partial charge in [0.2, 0.25) is 0 Å². The second kappa shape index (κ2) is 21.7. The highest BCUT2D eigenvalue weighted by molar-refractivity contribution is 9.09. The minimum absolute atomic E-state index is 0.0217. The number of allylic oxidation sites excluding steroid dienone is 12. The number of hydrogen-bond acceptors (Lipinski definition) is 4. The molecule has 0 heterocycles. The summed E-state index contributed by atoms with van der Waals surface area (Å²) in [5.41, 5.74) is 7.50. The van der Waals surface area contributed by atoms with Gasteiger partial charge in [0.1, 0.15) is 0 Å². The number of halogens is 2. The van der Waals surface area contributed by atoms with E-state index in [1.165, 1.54) is 35.1 Å². The third-order valence-electron chi connectivity index (χ3n) is 12.7. The fourth-order valence-corrected chi connectivity index (χ4v) is 15.0. The molecule has 60 heavy (non-hydrogen) atoms. The minimum atomic E-state index is -3.72. The minimum Gasteiger partial charge on any atom is -0.223 e. The van der Waals surface area contributed by atoms with Gasteiger partial charge in [-0.05, 0) is 137 Å². The van der Waals surface area contributed by atoms with Crippen molar-refractivity contribution in [3.05, 3.63) is 143 Å². The summed E-state index contributed by atoms with van der Waals surface area (Å²) in [4.78, 5) is -0.0952. The van der Waals surface area contributed by atoms with Crippen molar-refractivity contribution in [3.8, 4) is 0 Å². The van der Waals surface area contributed by atoms with Crippen LogP contribution in [0.2, 0.25) is 0 Å². The van der Waals surface area contributed by atoms with Gasteiger partial charge in [0.15, 0.2) is 19.7 Å². The average molecular weight is 983 g/mol. The Morgan fingerprint density at radius 2 is 0.950 bits per heavy atom. The molecule has 0 amide bonds. The first-order valence-electron chi connectivity index (χ1n) is 21.7. The lowest BCUT2D eigenvalue weighted by atomic mass is 9.72. The van der Waals surface area contributed by atoms with Gasteiger partial charge < -0.3 is 0 Å². The molecular formula is C52H70Br2O4S2. The van der Waals surface area contributed by atoms with E-state index < -0.39 is 30.2 Å². The smallest absolute Gasteiger partial charge is 0.185 e. The molecule has 4 rings (SSSR count). The molecule has 0 bridgehead atoms. The van der Waals surface area contributed by atoms with Crippen LogP contribution in [0.5, 0.6) is 0 Å². The van der Waals surface area contributed by atoms with E-state index in [4.69, 9.17) is 0 Å². The number of hydrogen-bond donors (Lipinski definition) is 0. The molecule has 2 aliphatic carbocycles. The average Bonchev–Trinajstić information content (AvgIpc) is 3.19. The van der Waals surface area contributed by atoms with Crippen LogP contribution in [0, 0.1) is 22.7 Å². The standard InChI is InChI=1S/C52H70Br2O4S2/c1-37(29-31-45-39(3)23-19-33-51(45,7)8)35-47(59(55,56)43-25-13-11-14-26-43)49(53)41(5)21-17-18-22-42(6)50(54)48(60(57,58)44-27-15-12-16-28-44)36-38(2)30-32-46-40(4)24-20-34-52(46,9)10/h11-18,25-32,35-36,41-42,47-50H,19-24,33-34H2,1-10H3/b18-17+,31-29+,32-30+,37-35+,38-36+. The molecule has 0 fully saturated rings. The van der Waals surface area contributed by atoms with Crippen LogP contribution in [0.25, 0.3) is 0 Å². The second-order valence-corrected chi connectivity index (χ2v) is 25.1. The molecule has 0 aliphatic heterocycles. The highest BCUT2D eigenvalue weighted by atomic mass is 79.9. The maximum atomic E-state index is 14.3. The van der Waals surface area contributed by atoms with E-state index in [1.807, 2.05) is 38.1 Å². The Balaban J connectivity index is 1.54. The number of alkyl halides is 2. The summed E-state index contributed by atoms with van der Waals surface area (Å²) in [5.74, 6) is -0.0434. The van der Waals surface area contributed by atoms with Crippen molar-refractivity contribution in [1.29, 1.82) is 0 Å². The van der Waals surface area contributed by atoms with Gasteiger partial charge in [0.25, 0.3) is 0 Å². The van der Waals surface area contributed by atoms with Crippen LogP contribution in [-0.2, 0) is 19.7 Å². The molecule has 4 nitrogen and oxygen atoms in total.